The molecule has 12 aliphatic rings. The van der Waals surface area contributed by atoms with Crippen molar-refractivity contribution in [3.8, 4) is 0 Å². The summed E-state index contributed by atoms with van der Waals surface area (Å²) >= 11 is 0. The van der Waals surface area contributed by atoms with Crippen molar-refractivity contribution in [1.82, 2.24) is 0 Å². The minimum atomic E-state index is 0.229. The number of hydrogen-bond acceptors (Lipinski definition) is 8. The van der Waals surface area contributed by atoms with Crippen molar-refractivity contribution in [3.63, 3.8) is 0 Å². The molecule has 0 spiro atoms. The molecule has 16 atom stereocenters. The first-order valence-corrected chi connectivity index (χ1v) is 19.8. The van der Waals surface area contributed by atoms with Gasteiger partial charge in [0.2, 0.25) is 0 Å². The van der Waals surface area contributed by atoms with E-state index < -0.39 is 0 Å². The normalized spacial score (nSPS) is 62.5. The third kappa shape index (κ3) is 6.37. The van der Waals surface area contributed by atoms with Gasteiger partial charge in [-0.1, -0.05) is 0 Å². The van der Waals surface area contributed by atoms with Crippen molar-refractivity contribution in [3.05, 3.63) is 0 Å². The molecular weight excluding hydrogens is 608 g/mol. The molecule has 12 rings (SSSR count). The summed E-state index contributed by atoms with van der Waals surface area (Å²) in [6, 6.07) is 0. The van der Waals surface area contributed by atoms with Crippen LogP contribution in [-0.2, 0) is 37.9 Å². The van der Waals surface area contributed by atoms with Crippen LogP contribution in [0.2, 0.25) is 0 Å². The summed E-state index contributed by atoms with van der Waals surface area (Å²) in [5.74, 6) is 3.05. The maximum absolute atomic E-state index is 5.66. The van der Waals surface area contributed by atoms with Gasteiger partial charge in [-0.3, -0.25) is 0 Å². The number of ether oxygens (including phenoxy) is 8. The van der Waals surface area contributed by atoms with Crippen molar-refractivity contribution < 1.29 is 37.9 Å². The zero-order valence-electron chi connectivity index (χ0n) is 31.2. The lowest BCUT2D eigenvalue weighted by atomic mass is 9.77. The Morgan fingerprint density at radius 2 is 0.500 bits per heavy atom. The number of epoxide rings is 8. The highest BCUT2D eigenvalue weighted by Gasteiger charge is 2.63. The summed E-state index contributed by atoms with van der Waals surface area (Å²) in [7, 11) is 0. The number of rotatable bonds is 4. The Balaban J connectivity index is 0.0000000871. The van der Waals surface area contributed by atoms with Crippen LogP contribution < -0.4 is 0 Å². The first kappa shape index (κ1) is 33.5. The molecule has 0 bridgehead atoms. The summed E-state index contributed by atoms with van der Waals surface area (Å²) in [6.45, 7) is 21.8. The molecule has 0 aromatic carbocycles. The molecule has 4 aliphatic carbocycles. The standard InChI is InChI=1S/4C10H16O2/c4*1-9-4-3-7(5-8(9)12-9)10(2)6-11-10/h4*7-8H,3-6H2,1-2H3/t7-,8+,9-,10+;7-,8+,9-,10-;7-,8-,9+,10+;7-,8-,9+,10-/m1100/s1. The van der Waals surface area contributed by atoms with E-state index in [9.17, 15) is 0 Å². The molecule has 0 aromatic heterocycles. The third-order valence-electron chi connectivity index (χ3n) is 15.9. The molecule has 8 heterocycles. The first-order valence-electron chi connectivity index (χ1n) is 19.8. The van der Waals surface area contributed by atoms with Gasteiger partial charge in [-0.05, 0) is 156 Å². The van der Waals surface area contributed by atoms with Gasteiger partial charge >= 0.3 is 0 Å². The van der Waals surface area contributed by atoms with Crippen molar-refractivity contribution in [2.45, 2.75) is 202 Å². The largest absolute Gasteiger partial charge is 0.370 e. The van der Waals surface area contributed by atoms with Crippen LogP contribution in [0.1, 0.15) is 132 Å². The SMILES string of the molecule is C[C@@]12CC[C@@H]([C@]3(C)CO3)C[C@@H]1O2.C[C@@]12CC[C@H]([C@]3(C)CO3)C[C@@H]1O2.C[C@]1([C@@H]2CC[C@@]3(C)O[C@H]3C2)CO1.C[C@]1([C@H]2CC[C@@]3(C)O[C@H]3C2)CO1. The van der Waals surface area contributed by atoms with E-state index in [1.54, 1.807) is 0 Å². The molecule has 0 amide bonds. The second-order valence-electron chi connectivity index (χ2n) is 20.0. The monoisotopic (exact) mass is 672 g/mol. The number of hydrogen-bond donors (Lipinski definition) is 0. The van der Waals surface area contributed by atoms with Crippen LogP contribution in [0.4, 0.5) is 0 Å². The maximum Gasteiger partial charge on any atom is 0.0920 e. The topological polar surface area (TPSA) is 100 Å². The van der Waals surface area contributed by atoms with Gasteiger partial charge in [-0.25, -0.2) is 0 Å². The van der Waals surface area contributed by atoms with Crippen LogP contribution in [0.25, 0.3) is 0 Å². The predicted octanol–water partition coefficient (Wildman–Crippen LogP) is 6.93. The highest BCUT2D eigenvalue weighted by Crippen LogP contribution is 2.57. The Labute approximate surface area is 289 Å². The van der Waals surface area contributed by atoms with Crippen LogP contribution in [0, 0.1) is 23.7 Å². The van der Waals surface area contributed by atoms with Crippen LogP contribution >= 0.6 is 0 Å². The van der Waals surface area contributed by atoms with E-state index in [0.717, 1.165) is 50.1 Å². The van der Waals surface area contributed by atoms with Gasteiger partial charge in [-0.15, -0.1) is 0 Å². The van der Waals surface area contributed by atoms with E-state index in [-0.39, 0.29) is 44.8 Å². The van der Waals surface area contributed by atoms with E-state index in [4.69, 9.17) is 37.9 Å². The Bertz CT molecular complexity index is 1080. The molecule has 0 unspecified atom stereocenters. The van der Waals surface area contributed by atoms with Gasteiger partial charge in [0.05, 0.1) is 95.7 Å². The molecule has 48 heavy (non-hydrogen) atoms. The summed E-state index contributed by atoms with van der Waals surface area (Å²) in [4.78, 5) is 0. The Hall–Kier alpha value is -0.320. The Morgan fingerprint density at radius 1 is 0.312 bits per heavy atom. The fourth-order valence-electron chi connectivity index (χ4n) is 10.2. The summed E-state index contributed by atoms with van der Waals surface area (Å²) < 4.78 is 44.6. The fraction of sp³-hybridized carbons (Fsp3) is 1.00. The summed E-state index contributed by atoms with van der Waals surface area (Å²) in [6.07, 6.45) is 17.3. The highest BCUT2D eigenvalue weighted by molar-refractivity contribution is 5.11. The quantitative estimate of drug-likeness (QED) is 0.297. The number of fused-ring (bicyclic) bond motifs is 4. The third-order valence-corrected chi connectivity index (χ3v) is 15.9. The van der Waals surface area contributed by atoms with Crippen LogP contribution in [0.15, 0.2) is 0 Å². The van der Waals surface area contributed by atoms with E-state index in [0.29, 0.717) is 24.4 Å². The molecule has 272 valence electrons. The van der Waals surface area contributed by atoms with Crippen molar-refractivity contribution >= 4 is 0 Å². The highest BCUT2D eigenvalue weighted by atomic mass is 16.6. The van der Waals surface area contributed by atoms with Crippen molar-refractivity contribution in [2.75, 3.05) is 26.4 Å². The zero-order chi connectivity index (χ0) is 33.6. The van der Waals surface area contributed by atoms with Gasteiger partial charge < -0.3 is 37.9 Å². The molecule has 4 saturated carbocycles. The lowest BCUT2D eigenvalue weighted by molar-refractivity contribution is 0.191. The molecule has 12 fully saturated rings. The molecule has 0 N–H and O–H groups in total. The molecule has 8 saturated heterocycles. The van der Waals surface area contributed by atoms with E-state index >= 15 is 0 Å². The molecule has 8 nitrogen and oxygen atoms in total. The van der Waals surface area contributed by atoms with E-state index in [2.05, 4.69) is 55.4 Å². The van der Waals surface area contributed by atoms with E-state index in [1.165, 1.54) is 77.0 Å². The van der Waals surface area contributed by atoms with Crippen LogP contribution in [-0.4, -0.2) is 95.7 Å². The van der Waals surface area contributed by atoms with Gasteiger partial charge in [0, 0.05) is 0 Å². The molecule has 0 aromatic rings. The molecule has 0 radical (unpaired) electrons. The van der Waals surface area contributed by atoms with Crippen molar-refractivity contribution in [2.24, 2.45) is 23.7 Å². The van der Waals surface area contributed by atoms with Crippen molar-refractivity contribution in [1.29, 1.82) is 0 Å². The Kier molecular flexibility index (Phi) is 7.43. The van der Waals surface area contributed by atoms with Gasteiger partial charge in [-0.2, -0.15) is 0 Å². The minimum Gasteiger partial charge on any atom is -0.370 e. The van der Waals surface area contributed by atoms with E-state index in [1.807, 2.05) is 0 Å². The average Bonchev–Trinajstić information content (AvgIpc) is 3.79. The maximum atomic E-state index is 5.66. The second-order valence-corrected chi connectivity index (χ2v) is 20.0. The predicted molar refractivity (Wildman–Crippen MR) is 180 cm³/mol. The summed E-state index contributed by atoms with van der Waals surface area (Å²) in [5.41, 5.74) is 1.98. The van der Waals surface area contributed by atoms with Crippen LogP contribution in [0.5, 0.6) is 0 Å². The smallest absolute Gasteiger partial charge is 0.0920 e. The molecule has 8 heteroatoms. The minimum absolute atomic E-state index is 0.229. The molecule has 8 aliphatic heterocycles. The first-order chi connectivity index (χ1) is 22.5. The zero-order valence-corrected chi connectivity index (χ0v) is 31.2. The Morgan fingerprint density at radius 3 is 0.646 bits per heavy atom. The fourth-order valence-corrected chi connectivity index (χ4v) is 10.2. The van der Waals surface area contributed by atoms with Crippen LogP contribution in [0.3, 0.4) is 0 Å². The molecular formula is C40H64O8. The van der Waals surface area contributed by atoms with Gasteiger partial charge in [0.25, 0.3) is 0 Å². The second kappa shape index (κ2) is 10.6. The average molecular weight is 673 g/mol. The lowest BCUT2D eigenvalue weighted by Crippen LogP contribution is -2.29. The summed E-state index contributed by atoms with van der Waals surface area (Å²) in [5, 5.41) is 0. The lowest BCUT2D eigenvalue weighted by Gasteiger charge is -2.25. The van der Waals surface area contributed by atoms with Gasteiger partial charge in [0.15, 0.2) is 0 Å². The van der Waals surface area contributed by atoms with Gasteiger partial charge in [0.1, 0.15) is 0 Å².